The normalized spacial score (nSPS) is 56.4. The molecule has 0 amide bonds. The van der Waals surface area contributed by atoms with Gasteiger partial charge < -0.3 is 154 Å². The highest BCUT2D eigenvalue weighted by molar-refractivity contribution is 14.0. The van der Waals surface area contributed by atoms with Crippen molar-refractivity contribution >= 4 is 24.0 Å². The minimum Gasteiger partial charge on any atom is -0.393 e. The predicted molar refractivity (Wildman–Crippen MR) is 345 cm³/mol. The molecule has 6 aliphatic rings. The fourth-order valence-corrected chi connectivity index (χ4v) is 15.2. The first kappa shape index (κ1) is 86.1. The van der Waals surface area contributed by atoms with Gasteiger partial charge in [-0.15, -0.1) is 24.0 Å². The number of ether oxygens (including phenoxy) is 11. The SMILES string of the molecule is CC1(O)[C@@H](OCC2(C)O[C@@H](O)C(C)(O)[C@](C)(O)[C@]2(C)O)OC(C)(CO)[C@@](C)(O)[C@H]1COC[C@@H]1OC(C)(CO)[C@@](C)(O)[C@@H](COC[C@@H]2OC(C)(CO)[C@@](C)(O)[C@@H](COC[C@@H]3OC(C)(CO)[C@@](C)(O)[C@@H](COC[C@@H]4OC(C)(CO)[C@@](C)(O)[C@@](C)(O)C4(C)O)C3(C)O)C2(C)O)C1(C)O.I. The third-order valence-electron chi connectivity index (χ3n) is 25.9. The second-order valence-electron chi connectivity index (χ2n) is 32.3. The van der Waals surface area contributed by atoms with E-state index in [1.165, 1.54) is 118 Å². The van der Waals surface area contributed by atoms with E-state index in [-0.39, 0.29) is 24.0 Å². The van der Waals surface area contributed by atoms with Crippen molar-refractivity contribution in [3.8, 4) is 0 Å². The van der Waals surface area contributed by atoms with Gasteiger partial charge in [-0.1, -0.05) is 0 Å². The molecule has 6 fully saturated rings. The Bertz CT molecular complexity index is 2650. The first-order valence-corrected chi connectivity index (χ1v) is 32.4. The molecular formula is C64H119IO31. The number of aliphatic hydroxyl groups excluding tert-OH is 6. The average molecular weight is 1510 g/mol. The summed E-state index contributed by atoms with van der Waals surface area (Å²) < 4.78 is 67.3. The third-order valence-corrected chi connectivity index (χ3v) is 25.9. The van der Waals surface area contributed by atoms with Crippen molar-refractivity contribution in [3.63, 3.8) is 0 Å². The molecule has 6 heterocycles. The summed E-state index contributed by atoms with van der Waals surface area (Å²) in [6.07, 6.45) is -9.51. The Morgan fingerprint density at radius 2 is 0.521 bits per heavy atom. The first-order valence-electron chi connectivity index (χ1n) is 32.4. The zero-order chi connectivity index (χ0) is 73.5. The van der Waals surface area contributed by atoms with E-state index in [0.717, 1.165) is 20.8 Å². The van der Waals surface area contributed by atoms with Crippen LogP contribution in [0.5, 0.6) is 0 Å². The van der Waals surface area contributed by atoms with E-state index in [1.807, 2.05) is 0 Å². The molecule has 0 spiro atoms. The molecule has 6 rings (SSSR count). The molecule has 31 nitrogen and oxygen atoms in total. The smallest absolute Gasteiger partial charge is 0.187 e. The van der Waals surface area contributed by atoms with E-state index in [2.05, 4.69) is 0 Å². The summed E-state index contributed by atoms with van der Waals surface area (Å²) in [6.45, 7) is 16.3. The van der Waals surface area contributed by atoms with E-state index in [0.29, 0.717) is 0 Å². The summed E-state index contributed by atoms with van der Waals surface area (Å²) in [6, 6.07) is 0. The van der Waals surface area contributed by atoms with E-state index in [4.69, 9.17) is 52.1 Å². The average Bonchev–Trinajstić information content (AvgIpc) is 0.692. The van der Waals surface area contributed by atoms with Crippen LogP contribution in [0.2, 0.25) is 0 Å². The van der Waals surface area contributed by atoms with Gasteiger partial charge in [0, 0.05) is 23.7 Å². The maximum atomic E-state index is 12.6. The highest BCUT2D eigenvalue weighted by Gasteiger charge is 2.74. The van der Waals surface area contributed by atoms with Gasteiger partial charge in [-0.3, -0.25) is 0 Å². The zero-order valence-electron chi connectivity index (χ0n) is 59.5. The molecule has 12 unspecified atom stereocenters. The summed E-state index contributed by atoms with van der Waals surface area (Å²) in [5, 5.41) is 232. The topological polar surface area (TPSA) is 506 Å². The Hall–Kier alpha value is -0.510. The van der Waals surface area contributed by atoms with Gasteiger partial charge >= 0.3 is 0 Å². The highest BCUT2D eigenvalue weighted by Crippen LogP contribution is 2.55. The van der Waals surface area contributed by atoms with Gasteiger partial charge in [-0.05, 0) is 138 Å². The maximum absolute atomic E-state index is 12.6. The first-order chi connectivity index (χ1) is 42.5. The second kappa shape index (κ2) is 27.1. The van der Waals surface area contributed by atoms with E-state index in [9.17, 15) is 102 Å². The molecule has 32 heteroatoms. The van der Waals surface area contributed by atoms with Crippen molar-refractivity contribution in [1.29, 1.82) is 0 Å². The molecule has 20 N–H and O–H groups in total. The van der Waals surface area contributed by atoms with Gasteiger partial charge in [0.15, 0.2) is 12.6 Å². The molecular weight excluding hydrogens is 1390 g/mol. The van der Waals surface area contributed by atoms with Crippen molar-refractivity contribution in [2.45, 2.75) is 287 Å². The summed E-state index contributed by atoms with van der Waals surface area (Å²) in [7, 11) is 0. The molecule has 6 aliphatic heterocycles. The molecule has 96 heavy (non-hydrogen) atoms. The highest BCUT2D eigenvalue weighted by atomic mass is 127. The lowest BCUT2D eigenvalue weighted by Crippen LogP contribution is -2.81. The van der Waals surface area contributed by atoms with Crippen molar-refractivity contribution in [1.82, 2.24) is 0 Å². The molecule has 0 bridgehead atoms. The summed E-state index contributed by atoms with van der Waals surface area (Å²) in [4.78, 5) is 0. The van der Waals surface area contributed by atoms with Crippen LogP contribution in [0, 0.1) is 23.7 Å². The fourth-order valence-electron chi connectivity index (χ4n) is 15.2. The second-order valence-corrected chi connectivity index (χ2v) is 32.3. The van der Waals surface area contributed by atoms with Crippen LogP contribution in [0.1, 0.15) is 138 Å². The molecule has 6 saturated heterocycles. The summed E-state index contributed by atoms with van der Waals surface area (Å²) in [5.41, 5.74) is -42.2. The molecule has 0 aliphatic carbocycles. The van der Waals surface area contributed by atoms with Crippen molar-refractivity contribution in [2.75, 3.05) is 92.5 Å². The van der Waals surface area contributed by atoms with Gasteiger partial charge in [-0.25, -0.2) is 0 Å². The lowest BCUT2D eigenvalue weighted by Gasteiger charge is -2.62. The predicted octanol–water partition coefficient (Wildman–Crippen LogP) is -4.52. The van der Waals surface area contributed by atoms with Crippen LogP contribution in [0.25, 0.3) is 0 Å². The van der Waals surface area contributed by atoms with E-state index >= 15 is 0 Å². The number of rotatable bonds is 24. The lowest BCUT2D eigenvalue weighted by atomic mass is 9.62. The summed E-state index contributed by atoms with van der Waals surface area (Å²) >= 11 is 0. The number of hydrogen-bond acceptors (Lipinski definition) is 31. The van der Waals surface area contributed by atoms with Crippen LogP contribution < -0.4 is 0 Å². The van der Waals surface area contributed by atoms with Gasteiger partial charge in [0.25, 0.3) is 0 Å². The summed E-state index contributed by atoms with van der Waals surface area (Å²) in [5.74, 6) is -5.54. The third kappa shape index (κ3) is 13.0. The van der Waals surface area contributed by atoms with Crippen LogP contribution in [-0.2, 0) is 52.1 Å². The number of hydrogen-bond donors (Lipinski definition) is 20. The van der Waals surface area contributed by atoms with Gasteiger partial charge in [-0.2, -0.15) is 0 Å². The minimum atomic E-state index is -2.42. The van der Waals surface area contributed by atoms with Crippen LogP contribution in [0.4, 0.5) is 0 Å². The molecule has 0 aromatic carbocycles. The van der Waals surface area contributed by atoms with E-state index in [1.54, 1.807) is 0 Å². The van der Waals surface area contributed by atoms with Gasteiger partial charge in [0.1, 0.15) is 120 Å². The molecule has 30 atom stereocenters. The Morgan fingerprint density at radius 3 is 0.823 bits per heavy atom. The largest absolute Gasteiger partial charge is 0.393 e. The monoisotopic (exact) mass is 1510 g/mol. The van der Waals surface area contributed by atoms with Crippen LogP contribution in [-0.4, -0.2) is 344 Å². The van der Waals surface area contributed by atoms with Gasteiger partial charge in [0.05, 0.1) is 109 Å². The fraction of sp³-hybridized carbons (Fsp3) is 1.00. The molecule has 0 radical (unpaired) electrons. The Morgan fingerprint density at radius 1 is 0.271 bits per heavy atom. The maximum Gasteiger partial charge on any atom is 0.187 e. The minimum absolute atomic E-state index is 0. The Balaban J connectivity index is 0.0000167. The standard InChI is InChI=1S/C64H118O31.HI/c1-45(29-65)55(11,75)35(21-86-26-40-53(9,73)37(57(13,77)47(3,31-67)91-40)23-88-28-42-59(15,79)63(19,83)61(17,81)49(5,33-69)93-42)51(7,71)39(90-45)25-85-22-36-52(8,72)41(92-46(2,30-66)56(36,12)76)27-87-24-38-54(10,74)44(95-48(4,32-68)58(38,14)78)89-34-50(6)62(18,82)64(20,84)60(16,80)43(70)94-50;/h35-44,65-84H,21-34H2,1-20H3;1H/t35-,36-,37-,38-,39-,40-,41-,42-,43+,44-,45?,46?,47?,48?,49?,50?,51?,52?,53?,54?,55-,56-,57-,58-,59?,60?,61+,62+,63-,64-;/m0./s1. The Kier molecular flexibility index (Phi) is 24.3. The van der Waals surface area contributed by atoms with Crippen LogP contribution in [0.3, 0.4) is 0 Å². The van der Waals surface area contributed by atoms with Crippen molar-refractivity contribution in [3.05, 3.63) is 0 Å². The van der Waals surface area contributed by atoms with Gasteiger partial charge in [0.2, 0.25) is 0 Å². The molecule has 568 valence electrons. The molecule has 0 saturated carbocycles. The Labute approximate surface area is 579 Å². The zero-order valence-corrected chi connectivity index (χ0v) is 61.8. The number of aliphatic hydroxyl groups is 20. The number of halogens is 1. The van der Waals surface area contributed by atoms with Crippen molar-refractivity contribution in [2.24, 2.45) is 23.7 Å². The van der Waals surface area contributed by atoms with Crippen LogP contribution in [0.15, 0.2) is 0 Å². The quantitative estimate of drug-likeness (QED) is 0.0405. The lowest BCUT2D eigenvalue weighted by molar-refractivity contribution is -0.427. The van der Waals surface area contributed by atoms with Crippen molar-refractivity contribution < 1.29 is 154 Å². The molecule has 0 aromatic heterocycles. The van der Waals surface area contributed by atoms with E-state index < -0.39 is 265 Å². The molecule has 0 aromatic rings. The van der Waals surface area contributed by atoms with Crippen LogP contribution >= 0.6 is 24.0 Å².